The van der Waals surface area contributed by atoms with Crippen LogP contribution in [0.4, 0.5) is 4.79 Å². The van der Waals surface area contributed by atoms with E-state index < -0.39 is 5.60 Å². The number of rotatable bonds is 6. The lowest BCUT2D eigenvalue weighted by atomic mass is 9.87. The van der Waals surface area contributed by atoms with E-state index in [4.69, 9.17) is 15.9 Å². The number of hydrogen-bond donors (Lipinski definition) is 0. The molecule has 1 rings (SSSR count). The summed E-state index contributed by atoms with van der Waals surface area (Å²) in [4.78, 5) is 14.3. The number of carbonyl (C=O) groups is 1. The van der Waals surface area contributed by atoms with Crippen LogP contribution < -0.4 is 0 Å². The van der Waals surface area contributed by atoms with Crippen molar-refractivity contribution >= 4 is 6.09 Å². The first-order valence-electron chi connectivity index (χ1n) is 8.34. The van der Waals surface area contributed by atoms with Crippen LogP contribution in [0.5, 0.6) is 0 Å². The van der Waals surface area contributed by atoms with Gasteiger partial charge in [-0.15, -0.1) is 12.3 Å². The predicted molar refractivity (Wildman–Crippen MR) is 88.6 cm³/mol. The Hall–Kier alpha value is -1.21. The first kappa shape index (κ1) is 18.8. The fraction of sp³-hybridized carbons (Fsp3) is 0.833. The van der Waals surface area contributed by atoms with Gasteiger partial charge in [-0.1, -0.05) is 6.92 Å². The molecular weight excluding hydrogens is 278 g/mol. The van der Waals surface area contributed by atoms with Gasteiger partial charge in [0.15, 0.2) is 0 Å². The van der Waals surface area contributed by atoms with Gasteiger partial charge in [-0.2, -0.15) is 0 Å². The molecule has 1 aliphatic carbocycles. The lowest BCUT2D eigenvalue weighted by Gasteiger charge is -2.37. The lowest BCUT2D eigenvalue weighted by Crippen LogP contribution is -2.46. The van der Waals surface area contributed by atoms with Crippen LogP contribution in [0.25, 0.3) is 0 Å². The molecular formula is C18H31NO3. The van der Waals surface area contributed by atoms with Gasteiger partial charge in [0.25, 0.3) is 0 Å². The van der Waals surface area contributed by atoms with Crippen LogP contribution in [0.3, 0.4) is 0 Å². The average Bonchev–Trinajstić information content (AvgIpc) is 2.42. The number of amides is 1. The molecule has 0 atom stereocenters. The van der Waals surface area contributed by atoms with Crippen molar-refractivity contribution in [1.29, 1.82) is 0 Å². The van der Waals surface area contributed by atoms with Crippen molar-refractivity contribution in [1.82, 2.24) is 4.90 Å². The predicted octanol–water partition coefficient (Wildman–Crippen LogP) is 3.84. The number of carbonyl (C=O) groups excluding carboxylic acids is 1. The Morgan fingerprint density at radius 2 is 1.86 bits per heavy atom. The van der Waals surface area contributed by atoms with Crippen LogP contribution in [0.2, 0.25) is 0 Å². The normalized spacial score (nSPS) is 22.0. The first-order chi connectivity index (χ1) is 10.3. The largest absolute Gasteiger partial charge is 0.444 e. The van der Waals surface area contributed by atoms with E-state index in [0.717, 1.165) is 18.8 Å². The maximum Gasteiger partial charge on any atom is 0.410 e. The van der Waals surface area contributed by atoms with Crippen molar-refractivity contribution in [2.45, 2.75) is 71.4 Å². The summed E-state index contributed by atoms with van der Waals surface area (Å²) in [5.74, 6) is 3.30. The van der Waals surface area contributed by atoms with Crippen LogP contribution in [-0.2, 0) is 9.47 Å². The smallest absolute Gasteiger partial charge is 0.410 e. The summed E-state index contributed by atoms with van der Waals surface area (Å²) in [6.07, 6.45) is 10.0. The van der Waals surface area contributed by atoms with Crippen LogP contribution in [0.1, 0.15) is 59.8 Å². The van der Waals surface area contributed by atoms with E-state index in [9.17, 15) is 4.79 Å². The highest BCUT2D eigenvalue weighted by molar-refractivity contribution is 5.68. The van der Waals surface area contributed by atoms with Crippen molar-refractivity contribution in [3.8, 4) is 12.3 Å². The third-order valence-corrected chi connectivity index (χ3v) is 3.92. The van der Waals surface area contributed by atoms with Crippen LogP contribution in [0, 0.1) is 18.3 Å². The Labute approximate surface area is 135 Å². The molecule has 4 nitrogen and oxygen atoms in total. The summed E-state index contributed by atoms with van der Waals surface area (Å²) in [6.45, 7) is 9.59. The van der Waals surface area contributed by atoms with Gasteiger partial charge >= 0.3 is 6.09 Å². The highest BCUT2D eigenvalue weighted by Gasteiger charge is 2.30. The fourth-order valence-corrected chi connectivity index (χ4v) is 2.69. The van der Waals surface area contributed by atoms with Gasteiger partial charge in [-0.25, -0.2) is 4.79 Å². The molecule has 0 radical (unpaired) electrons. The molecule has 0 aliphatic heterocycles. The lowest BCUT2D eigenvalue weighted by molar-refractivity contribution is 0.00205. The van der Waals surface area contributed by atoms with Gasteiger partial charge in [0, 0.05) is 19.0 Å². The number of nitrogens with zero attached hydrogens (tertiary/aromatic N) is 1. The molecule has 0 aromatic rings. The van der Waals surface area contributed by atoms with Crippen LogP contribution >= 0.6 is 0 Å². The van der Waals surface area contributed by atoms with Gasteiger partial charge < -0.3 is 14.4 Å². The molecule has 0 heterocycles. The SMILES string of the molecule is C#CCCOCCN(C(=O)OC(C)(C)C)C1CCC(C)CC1. The van der Waals surface area contributed by atoms with E-state index in [2.05, 4.69) is 12.8 Å². The van der Waals surface area contributed by atoms with E-state index in [1.165, 1.54) is 12.8 Å². The van der Waals surface area contributed by atoms with Crippen LogP contribution in [0.15, 0.2) is 0 Å². The molecule has 4 heteroatoms. The minimum absolute atomic E-state index is 0.229. The van der Waals surface area contributed by atoms with Gasteiger partial charge in [0.05, 0.1) is 13.2 Å². The van der Waals surface area contributed by atoms with Crippen molar-refractivity contribution in [2.75, 3.05) is 19.8 Å². The Kier molecular flexibility index (Phi) is 7.75. The molecule has 1 fully saturated rings. The average molecular weight is 309 g/mol. The summed E-state index contributed by atoms with van der Waals surface area (Å²) >= 11 is 0. The maximum atomic E-state index is 12.5. The quantitative estimate of drug-likeness (QED) is 0.553. The zero-order valence-corrected chi connectivity index (χ0v) is 14.6. The highest BCUT2D eigenvalue weighted by atomic mass is 16.6. The van der Waals surface area contributed by atoms with E-state index >= 15 is 0 Å². The molecule has 0 spiro atoms. The van der Waals surface area contributed by atoms with Crippen molar-refractivity contribution in [3.63, 3.8) is 0 Å². The van der Waals surface area contributed by atoms with Gasteiger partial charge in [0.1, 0.15) is 5.60 Å². The monoisotopic (exact) mass is 309 g/mol. The number of ether oxygens (including phenoxy) is 2. The molecule has 1 aliphatic rings. The Balaban J connectivity index is 2.56. The van der Waals surface area contributed by atoms with E-state index in [1.807, 2.05) is 25.7 Å². The number of hydrogen-bond acceptors (Lipinski definition) is 3. The maximum absolute atomic E-state index is 12.5. The van der Waals surface area contributed by atoms with Gasteiger partial charge in [0.2, 0.25) is 0 Å². The molecule has 0 unspecified atom stereocenters. The second kappa shape index (κ2) is 9.05. The summed E-state index contributed by atoms with van der Waals surface area (Å²) in [7, 11) is 0. The Morgan fingerprint density at radius 1 is 1.23 bits per heavy atom. The van der Waals surface area contributed by atoms with Crippen molar-refractivity contribution in [3.05, 3.63) is 0 Å². The summed E-state index contributed by atoms with van der Waals surface area (Å²) in [6, 6.07) is 0.266. The van der Waals surface area contributed by atoms with E-state index in [-0.39, 0.29) is 12.1 Å². The second-order valence-electron chi connectivity index (χ2n) is 7.15. The number of terminal acetylenes is 1. The zero-order chi connectivity index (χ0) is 16.6. The molecule has 0 aromatic heterocycles. The summed E-state index contributed by atoms with van der Waals surface area (Å²) in [5.41, 5.74) is -0.471. The highest BCUT2D eigenvalue weighted by Crippen LogP contribution is 2.28. The molecule has 0 N–H and O–H groups in total. The Bertz CT molecular complexity index is 373. The molecule has 22 heavy (non-hydrogen) atoms. The van der Waals surface area contributed by atoms with E-state index in [1.54, 1.807) is 0 Å². The third kappa shape index (κ3) is 7.17. The minimum Gasteiger partial charge on any atom is -0.444 e. The standard InChI is InChI=1S/C18H31NO3/c1-6-7-13-21-14-12-19(17(20)22-18(3,4)5)16-10-8-15(2)9-11-16/h1,15-16H,7-14H2,2-5H3. The molecule has 1 saturated carbocycles. The molecule has 0 saturated heterocycles. The van der Waals surface area contributed by atoms with Gasteiger partial charge in [-0.3, -0.25) is 0 Å². The van der Waals surface area contributed by atoms with Crippen molar-refractivity contribution in [2.24, 2.45) is 5.92 Å². The Morgan fingerprint density at radius 3 is 2.41 bits per heavy atom. The second-order valence-corrected chi connectivity index (χ2v) is 7.15. The minimum atomic E-state index is -0.471. The summed E-state index contributed by atoms with van der Waals surface area (Å²) < 4.78 is 11.1. The zero-order valence-electron chi connectivity index (χ0n) is 14.6. The van der Waals surface area contributed by atoms with Crippen LogP contribution in [-0.4, -0.2) is 42.4 Å². The van der Waals surface area contributed by atoms with E-state index in [0.29, 0.717) is 26.2 Å². The summed E-state index contributed by atoms with van der Waals surface area (Å²) in [5, 5.41) is 0. The molecule has 1 amide bonds. The molecule has 0 aromatic carbocycles. The molecule has 126 valence electrons. The van der Waals surface area contributed by atoms with Crippen molar-refractivity contribution < 1.29 is 14.3 Å². The first-order valence-corrected chi connectivity index (χ1v) is 8.34. The topological polar surface area (TPSA) is 38.8 Å². The molecule has 0 bridgehead atoms. The fourth-order valence-electron chi connectivity index (χ4n) is 2.69. The van der Waals surface area contributed by atoms with Gasteiger partial charge in [-0.05, 0) is 52.4 Å². The third-order valence-electron chi connectivity index (χ3n) is 3.92.